The second-order valence-electron chi connectivity index (χ2n) is 5.04. The van der Waals surface area contributed by atoms with E-state index >= 15 is 0 Å². The highest BCUT2D eigenvalue weighted by Gasteiger charge is 2.39. The average Bonchev–Trinajstić information content (AvgIpc) is 2.92. The van der Waals surface area contributed by atoms with Gasteiger partial charge in [0.25, 0.3) is 0 Å². The summed E-state index contributed by atoms with van der Waals surface area (Å²) in [6, 6.07) is 2.67. The maximum absolute atomic E-state index is 12.5. The van der Waals surface area contributed by atoms with E-state index < -0.39 is 23.9 Å². The van der Waals surface area contributed by atoms with Crippen molar-refractivity contribution in [3.8, 4) is 0 Å². The number of aromatic nitrogens is 1. The monoisotopic (exact) mass is 397 g/mol. The molecular weight excluding hydrogens is 386 g/mol. The van der Waals surface area contributed by atoms with E-state index in [0.29, 0.717) is 11.5 Å². The summed E-state index contributed by atoms with van der Waals surface area (Å²) in [7, 11) is 0. The summed E-state index contributed by atoms with van der Waals surface area (Å²) in [4.78, 5) is 11.8. The Morgan fingerprint density at radius 2 is 1.92 bits per heavy atom. The minimum atomic E-state index is -4.87. The number of nitrogens with one attached hydrogen (secondary N) is 2. The number of hydrogen-bond acceptors (Lipinski definition) is 4. The van der Waals surface area contributed by atoms with Crippen molar-refractivity contribution < 1.29 is 27.6 Å². The van der Waals surface area contributed by atoms with Crippen LogP contribution in [-0.2, 0) is 6.54 Å². The number of alkyl halides is 3. The zero-order valence-electron chi connectivity index (χ0n) is 12.6. The van der Waals surface area contributed by atoms with Gasteiger partial charge in [-0.05, 0) is 24.6 Å². The number of anilines is 1. The minimum Gasteiger partial charge on any atom is -0.379 e. The molecule has 11 heteroatoms. The van der Waals surface area contributed by atoms with Crippen LogP contribution < -0.4 is 10.6 Å². The fraction of sp³-hybridized carbons (Fsp3) is 0.286. The van der Waals surface area contributed by atoms with Crippen LogP contribution in [0, 0.1) is 6.92 Å². The molecule has 25 heavy (non-hydrogen) atoms. The van der Waals surface area contributed by atoms with Crippen molar-refractivity contribution >= 4 is 34.9 Å². The maximum Gasteiger partial charge on any atom is 0.418 e. The lowest BCUT2D eigenvalue weighted by Crippen LogP contribution is -2.28. The SMILES string of the molecule is Cc1cc(CNC(=O)Nc2c(Cl)cc([C@@H](O)C(F)(F)F)cc2Cl)no1. The Hall–Kier alpha value is -1.97. The van der Waals surface area contributed by atoms with Gasteiger partial charge in [-0.1, -0.05) is 28.4 Å². The van der Waals surface area contributed by atoms with Crippen LogP contribution in [0.15, 0.2) is 22.7 Å². The van der Waals surface area contributed by atoms with Crippen LogP contribution in [-0.4, -0.2) is 22.5 Å². The first-order valence-electron chi connectivity index (χ1n) is 6.78. The normalized spacial score (nSPS) is 12.8. The molecule has 1 atom stereocenters. The number of carbonyl (C=O) groups is 1. The first-order valence-corrected chi connectivity index (χ1v) is 7.54. The molecule has 0 saturated carbocycles. The van der Waals surface area contributed by atoms with Gasteiger partial charge in [-0.3, -0.25) is 0 Å². The summed E-state index contributed by atoms with van der Waals surface area (Å²) in [6.07, 6.45) is -7.60. The molecule has 2 rings (SSSR count). The van der Waals surface area contributed by atoms with Crippen molar-refractivity contribution in [3.63, 3.8) is 0 Å². The van der Waals surface area contributed by atoms with Crippen molar-refractivity contribution in [2.24, 2.45) is 0 Å². The molecule has 1 heterocycles. The van der Waals surface area contributed by atoms with E-state index in [9.17, 15) is 23.1 Å². The summed E-state index contributed by atoms with van der Waals surface area (Å²) < 4.78 is 42.5. The van der Waals surface area contributed by atoms with Crippen LogP contribution in [0.3, 0.4) is 0 Å². The van der Waals surface area contributed by atoms with Gasteiger partial charge in [0.15, 0.2) is 6.10 Å². The Morgan fingerprint density at radius 1 is 1.32 bits per heavy atom. The number of aliphatic hydroxyl groups excluding tert-OH is 1. The molecule has 0 bridgehead atoms. The Morgan fingerprint density at radius 3 is 2.40 bits per heavy atom. The van der Waals surface area contributed by atoms with Crippen molar-refractivity contribution in [2.75, 3.05) is 5.32 Å². The van der Waals surface area contributed by atoms with Gasteiger partial charge in [0.2, 0.25) is 0 Å². The second-order valence-corrected chi connectivity index (χ2v) is 5.85. The summed E-state index contributed by atoms with van der Waals surface area (Å²) in [5, 5.41) is 17.2. The molecule has 0 aliphatic heterocycles. The fourth-order valence-corrected chi connectivity index (χ4v) is 2.49. The predicted octanol–water partition coefficient (Wildman–Crippen LogP) is 4.21. The largest absolute Gasteiger partial charge is 0.418 e. The number of halogens is 5. The Labute approximate surface area is 149 Å². The van der Waals surface area contributed by atoms with Gasteiger partial charge in [-0.15, -0.1) is 0 Å². The van der Waals surface area contributed by atoms with Gasteiger partial charge in [-0.2, -0.15) is 13.2 Å². The molecule has 2 amide bonds. The number of benzene rings is 1. The molecule has 1 aromatic heterocycles. The van der Waals surface area contributed by atoms with Crippen LogP contribution in [0.1, 0.15) is 23.1 Å². The second kappa shape index (κ2) is 7.51. The number of rotatable bonds is 4. The first-order chi connectivity index (χ1) is 11.6. The van der Waals surface area contributed by atoms with Crippen LogP contribution in [0.5, 0.6) is 0 Å². The standard InChI is InChI=1S/C14H12Cl2F3N3O3/c1-6-2-8(22-25-6)5-20-13(24)21-11-9(15)3-7(4-10(11)16)12(23)14(17,18)19/h2-4,12,23H,5H2,1H3,(H2,20,21,24)/t12-/m1/s1. The van der Waals surface area contributed by atoms with Gasteiger partial charge < -0.3 is 20.3 Å². The molecule has 136 valence electrons. The molecule has 0 aliphatic rings. The smallest absolute Gasteiger partial charge is 0.379 e. The number of aryl methyl sites for hydroxylation is 1. The van der Waals surface area contributed by atoms with Crippen molar-refractivity contribution in [1.82, 2.24) is 10.5 Å². The molecule has 0 fully saturated rings. The number of urea groups is 1. The van der Waals surface area contributed by atoms with E-state index in [1.807, 2.05) is 0 Å². The number of amides is 2. The third-order valence-corrected chi connectivity index (χ3v) is 3.63. The highest BCUT2D eigenvalue weighted by molar-refractivity contribution is 6.39. The molecule has 0 unspecified atom stereocenters. The third kappa shape index (κ3) is 5.00. The zero-order valence-corrected chi connectivity index (χ0v) is 14.1. The van der Waals surface area contributed by atoms with E-state index in [-0.39, 0.29) is 22.3 Å². The van der Waals surface area contributed by atoms with Crippen molar-refractivity contribution in [2.45, 2.75) is 25.7 Å². The average molecular weight is 398 g/mol. The Bertz CT molecular complexity index is 757. The van der Waals surface area contributed by atoms with E-state index in [2.05, 4.69) is 15.8 Å². The summed E-state index contributed by atoms with van der Waals surface area (Å²) >= 11 is 11.7. The Balaban J connectivity index is 2.07. The maximum atomic E-state index is 12.5. The quantitative estimate of drug-likeness (QED) is 0.720. The summed E-state index contributed by atoms with van der Waals surface area (Å²) in [5.74, 6) is 0.571. The summed E-state index contributed by atoms with van der Waals surface area (Å²) in [6.45, 7) is 1.75. The number of hydrogen-bond donors (Lipinski definition) is 3. The first kappa shape index (κ1) is 19.4. The van der Waals surface area contributed by atoms with Crippen LogP contribution in [0.25, 0.3) is 0 Å². The molecule has 0 spiro atoms. The van der Waals surface area contributed by atoms with Gasteiger partial charge in [0.05, 0.1) is 22.3 Å². The van der Waals surface area contributed by atoms with Crippen LogP contribution in [0.4, 0.5) is 23.7 Å². The molecule has 0 aliphatic carbocycles. The zero-order chi connectivity index (χ0) is 18.8. The highest BCUT2D eigenvalue weighted by atomic mass is 35.5. The molecule has 3 N–H and O–H groups in total. The van der Waals surface area contributed by atoms with Crippen LogP contribution >= 0.6 is 23.2 Å². The van der Waals surface area contributed by atoms with Gasteiger partial charge >= 0.3 is 12.2 Å². The summed E-state index contributed by atoms with van der Waals surface area (Å²) in [5.41, 5.74) is -0.143. The molecule has 1 aromatic carbocycles. The van der Waals surface area contributed by atoms with Gasteiger partial charge in [-0.25, -0.2) is 4.79 Å². The van der Waals surface area contributed by atoms with Gasteiger partial charge in [0.1, 0.15) is 11.5 Å². The van der Waals surface area contributed by atoms with E-state index in [4.69, 9.17) is 27.7 Å². The lowest BCUT2D eigenvalue weighted by Gasteiger charge is -2.17. The lowest BCUT2D eigenvalue weighted by atomic mass is 10.1. The van der Waals surface area contributed by atoms with Crippen molar-refractivity contribution in [3.05, 3.63) is 45.3 Å². The van der Waals surface area contributed by atoms with E-state index in [1.54, 1.807) is 13.0 Å². The topological polar surface area (TPSA) is 87.4 Å². The lowest BCUT2D eigenvalue weighted by molar-refractivity contribution is -0.206. The van der Waals surface area contributed by atoms with E-state index in [1.165, 1.54) is 0 Å². The molecule has 0 saturated heterocycles. The number of carbonyl (C=O) groups excluding carboxylic acids is 1. The highest BCUT2D eigenvalue weighted by Crippen LogP contribution is 2.38. The molecule has 0 radical (unpaired) electrons. The van der Waals surface area contributed by atoms with E-state index in [0.717, 1.165) is 12.1 Å². The minimum absolute atomic E-state index is 0.0588. The number of nitrogens with zero attached hydrogens (tertiary/aromatic N) is 1. The van der Waals surface area contributed by atoms with Crippen molar-refractivity contribution in [1.29, 1.82) is 0 Å². The number of aliphatic hydroxyl groups is 1. The fourth-order valence-electron chi connectivity index (χ4n) is 1.89. The molecule has 6 nitrogen and oxygen atoms in total. The predicted molar refractivity (Wildman–Crippen MR) is 84.6 cm³/mol. The van der Waals surface area contributed by atoms with Crippen LogP contribution in [0.2, 0.25) is 10.0 Å². The molecular formula is C14H12Cl2F3N3O3. The third-order valence-electron chi connectivity index (χ3n) is 3.04. The van der Waals surface area contributed by atoms with Gasteiger partial charge in [0, 0.05) is 6.07 Å². The Kier molecular flexibility index (Phi) is 5.81. The molecule has 2 aromatic rings.